The number of anilines is 3. The summed E-state index contributed by atoms with van der Waals surface area (Å²) in [5.74, 6) is 0. The van der Waals surface area contributed by atoms with Gasteiger partial charge in [-0.05, 0) is 144 Å². The fraction of sp³-hybridized carbons (Fsp3) is 0.0294. The molecule has 0 aromatic heterocycles. The third-order valence-corrected chi connectivity index (χ3v) is 17.6. The van der Waals surface area contributed by atoms with Crippen LogP contribution in [-0.2, 0) is 10.8 Å². The molecule has 15 rings (SSSR count). The number of rotatable bonds is 5. The lowest BCUT2D eigenvalue weighted by atomic mass is 9.67. The Morgan fingerprint density at radius 3 is 1.18 bits per heavy atom. The third kappa shape index (κ3) is 5.79. The summed E-state index contributed by atoms with van der Waals surface area (Å²) < 4.78 is 41.8. The minimum Gasteiger partial charge on any atom is -0.310 e. The van der Waals surface area contributed by atoms with Crippen LogP contribution in [0.1, 0.15) is 51.4 Å². The average Bonchev–Trinajstić information content (AvgIpc) is 4.14. The standard InChI is InChI=1S/C68H43NS2/c1-2-16-44(17-3-1)45-30-32-46(33-31-45)47-34-36-48(37-35-47)69(49-39-41-65-62(42-49)68(60-27-13-14-28-63(60)70-65)57-24-10-6-20-53(57)54-21-7-11-25-58(54)68)50-38-40-61-66(43-50)71-64-29-15-12-26-59(64)67(61)55-22-8-4-18-51(55)52-19-5-9-23-56(52)67/h1-43H/i1D,2D,3D,16D,17D. The van der Waals surface area contributed by atoms with E-state index >= 15 is 0 Å². The van der Waals surface area contributed by atoms with Gasteiger partial charge in [0.1, 0.15) is 0 Å². The zero-order valence-corrected chi connectivity index (χ0v) is 39.8. The van der Waals surface area contributed by atoms with Crippen molar-refractivity contribution in [3.8, 4) is 44.5 Å². The maximum Gasteiger partial charge on any atom is 0.0736 e. The van der Waals surface area contributed by atoms with Crippen molar-refractivity contribution in [2.75, 3.05) is 4.90 Å². The largest absolute Gasteiger partial charge is 0.310 e. The molecule has 11 aromatic rings. The molecule has 0 amide bonds. The van der Waals surface area contributed by atoms with Crippen molar-refractivity contribution >= 4 is 40.6 Å². The van der Waals surface area contributed by atoms with E-state index in [1.54, 1.807) is 0 Å². The number of hydrogen-bond acceptors (Lipinski definition) is 3. The predicted octanol–water partition coefficient (Wildman–Crippen LogP) is 18.1. The molecule has 1 nitrogen and oxygen atoms in total. The normalized spacial score (nSPS) is 15.3. The SMILES string of the molecule is [2H]c1c([2H])c([2H])c(-c2ccc(-c3ccc(N(c4ccc5c(c4)Sc4ccccc4C54c5ccccc5-c5ccccc54)c4ccc5c(c4)C4(c6ccccc6S5)c5ccccc5-c5ccccc54)cc3)cc2)c([2H])c1[2H]. The van der Waals surface area contributed by atoms with E-state index in [2.05, 4.69) is 211 Å². The van der Waals surface area contributed by atoms with E-state index in [1.807, 2.05) is 47.8 Å². The van der Waals surface area contributed by atoms with E-state index in [0.29, 0.717) is 5.56 Å². The molecule has 4 aliphatic rings. The summed E-state index contributed by atoms with van der Waals surface area (Å²) in [6, 6.07) is 82.8. The van der Waals surface area contributed by atoms with Crippen LogP contribution in [0.3, 0.4) is 0 Å². The monoisotopic (exact) mass is 942 g/mol. The van der Waals surface area contributed by atoms with Crippen LogP contribution in [0.4, 0.5) is 17.1 Å². The van der Waals surface area contributed by atoms with Crippen molar-refractivity contribution in [2.45, 2.75) is 30.4 Å². The van der Waals surface area contributed by atoms with Crippen molar-refractivity contribution in [3.05, 3.63) is 305 Å². The highest BCUT2D eigenvalue weighted by atomic mass is 32.2. The molecule has 0 N–H and O–H groups in total. The lowest BCUT2D eigenvalue weighted by Gasteiger charge is -2.41. The predicted molar refractivity (Wildman–Crippen MR) is 295 cm³/mol. The van der Waals surface area contributed by atoms with E-state index in [1.165, 1.54) is 86.3 Å². The molecule has 0 bridgehead atoms. The van der Waals surface area contributed by atoms with E-state index in [0.717, 1.165) is 28.2 Å². The van der Waals surface area contributed by atoms with Crippen LogP contribution >= 0.6 is 23.5 Å². The summed E-state index contributed by atoms with van der Waals surface area (Å²) in [6.45, 7) is 0. The molecule has 2 spiro atoms. The number of nitrogens with zero attached hydrogens (tertiary/aromatic N) is 1. The van der Waals surface area contributed by atoms with Crippen molar-refractivity contribution in [2.24, 2.45) is 0 Å². The molecule has 0 unspecified atom stereocenters. The van der Waals surface area contributed by atoms with Crippen molar-refractivity contribution in [1.29, 1.82) is 0 Å². The molecule has 0 atom stereocenters. The van der Waals surface area contributed by atoms with Gasteiger partial charge < -0.3 is 4.90 Å². The summed E-state index contributed by atoms with van der Waals surface area (Å²) in [5.41, 5.74) is 20.2. The average molecular weight is 943 g/mol. The van der Waals surface area contributed by atoms with Gasteiger partial charge >= 0.3 is 0 Å². The van der Waals surface area contributed by atoms with E-state index < -0.39 is 16.9 Å². The van der Waals surface area contributed by atoms with Crippen LogP contribution < -0.4 is 4.90 Å². The van der Waals surface area contributed by atoms with Gasteiger partial charge in [-0.25, -0.2) is 0 Å². The number of benzene rings is 11. The Bertz CT molecular complexity index is 4140. The van der Waals surface area contributed by atoms with Crippen molar-refractivity contribution in [3.63, 3.8) is 0 Å². The van der Waals surface area contributed by atoms with E-state index in [-0.39, 0.29) is 29.7 Å². The smallest absolute Gasteiger partial charge is 0.0736 e. The lowest BCUT2D eigenvalue weighted by molar-refractivity contribution is 0.721. The molecule has 0 saturated heterocycles. The highest BCUT2D eigenvalue weighted by Crippen LogP contribution is 2.65. The summed E-state index contributed by atoms with van der Waals surface area (Å²) in [4.78, 5) is 7.37. The van der Waals surface area contributed by atoms with Gasteiger partial charge in [0.25, 0.3) is 0 Å². The summed E-state index contributed by atoms with van der Waals surface area (Å²) in [7, 11) is 0. The van der Waals surface area contributed by atoms with Gasteiger partial charge in [0.05, 0.1) is 17.7 Å². The molecule has 0 saturated carbocycles. The first-order valence-corrected chi connectivity index (χ1v) is 25.7. The highest BCUT2D eigenvalue weighted by molar-refractivity contribution is 7.99. The first-order chi connectivity index (χ1) is 37.3. The summed E-state index contributed by atoms with van der Waals surface area (Å²) in [6.07, 6.45) is 0. The Hall–Kier alpha value is -8.08. The van der Waals surface area contributed by atoms with Gasteiger partial charge in [0.2, 0.25) is 0 Å². The maximum atomic E-state index is 8.60. The lowest BCUT2D eigenvalue weighted by Crippen LogP contribution is -2.32. The fourth-order valence-electron chi connectivity index (χ4n) is 12.4. The van der Waals surface area contributed by atoms with Crippen molar-refractivity contribution in [1.82, 2.24) is 0 Å². The third-order valence-electron chi connectivity index (χ3n) is 15.3. The minimum absolute atomic E-state index is 0.195. The molecule has 0 fully saturated rings. The van der Waals surface area contributed by atoms with Gasteiger partial charge in [-0.15, -0.1) is 0 Å². The number of hydrogen-bond donors (Lipinski definition) is 0. The van der Waals surface area contributed by atoms with Gasteiger partial charge in [-0.1, -0.05) is 230 Å². The molecule has 3 heteroatoms. The molecule has 332 valence electrons. The van der Waals surface area contributed by atoms with Crippen LogP contribution in [0.25, 0.3) is 44.5 Å². The van der Waals surface area contributed by atoms with Crippen LogP contribution in [0.2, 0.25) is 0 Å². The minimum atomic E-state index is -0.553. The second-order valence-corrected chi connectivity index (χ2v) is 20.9. The summed E-state index contributed by atoms with van der Waals surface area (Å²) in [5, 5.41) is 0. The second kappa shape index (κ2) is 15.7. The Morgan fingerprint density at radius 2 is 0.648 bits per heavy atom. The van der Waals surface area contributed by atoms with Crippen molar-refractivity contribution < 1.29 is 6.85 Å². The maximum absolute atomic E-state index is 8.60. The first-order valence-electron chi connectivity index (χ1n) is 26.6. The molecule has 11 aromatic carbocycles. The van der Waals surface area contributed by atoms with Gasteiger partial charge in [-0.3, -0.25) is 0 Å². The van der Waals surface area contributed by atoms with Crippen LogP contribution in [-0.4, -0.2) is 0 Å². The van der Waals surface area contributed by atoms with Crippen LogP contribution in [0, 0.1) is 0 Å². The Labute approximate surface area is 430 Å². The Morgan fingerprint density at radius 1 is 0.282 bits per heavy atom. The van der Waals surface area contributed by atoms with Gasteiger partial charge in [0, 0.05) is 36.6 Å². The molecular weight excluding hydrogens is 895 g/mol. The van der Waals surface area contributed by atoms with E-state index in [4.69, 9.17) is 6.85 Å². The topological polar surface area (TPSA) is 3.24 Å². The van der Waals surface area contributed by atoms with Crippen LogP contribution in [0.5, 0.6) is 0 Å². The first kappa shape index (κ1) is 35.9. The van der Waals surface area contributed by atoms with Gasteiger partial charge in [0.15, 0.2) is 0 Å². The summed E-state index contributed by atoms with van der Waals surface area (Å²) >= 11 is 3.70. The molecule has 2 aliphatic heterocycles. The fourth-order valence-corrected chi connectivity index (χ4v) is 14.8. The highest BCUT2D eigenvalue weighted by Gasteiger charge is 2.52. The molecular formula is C68H43NS2. The Kier molecular flexibility index (Phi) is 7.96. The molecule has 2 heterocycles. The molecule has 2 aliphatic carbocycles. The molecule has 0 radical (unpaired) electrons. The van der Waals surface area contributed by atoms with Gasteiger partial charge in [-0.2, -0.15) is 0 Å². The second-order valence-electron chi connectivity index (χ2n) is 18.7. The number of fused-ring (bicyclic) bond motifs is 18. The van der Waals surface area contributed by atoms with Crippen LogP contribution in [0.15, 0.2) is 280 Å². The zero-order valence-electron chi connectivity index (χ0n) is 43.2. The quantitative estimate of drug-likeness (QED) is 0.169. The zero-order chi connectivity index (χ0) is 51.0. The van der Waals surface area contributed by atoms with E-state index in [9.17, 15) is 0 Å². The molecule has 71 heavy (non-hydrogen) atoms. The Balaban J connectivity index is 0.922.